The Hall–Kier alpha value is -2.39. The minimum atomic E-state index is -0.145. The van der Waals surface area contributed by atoms with Gasteiger partial charge in [-0.2, -0.15) is 5.26 Å². The lowest BCUT2D eigenvalue weighted by molar-refractivity contribution is -0.132. The zero-order valence-corrected chi connectivity index (χ0v) is 13.6. The Bertz CT molecular complexity index is 644. The van der Waals surface area contributed by atoms with Gasteiger partial charge in [0, 0.05) is 31.7 Å². The van der Waals surface area contributed by atoms with Gasteiger partial charge in [0.25, 0.3) is 5.91 Å². The third-order valence-electron chi connectivity index (χ3n) is 4.77. The first-order valence-corrected chi connectivity index (χ1v) is 8.48. The summed E-state index contributed by atoms with van der Waals surface area (Å²) >= 11 is 0. The fraction of sp³-hybridized carbons (Fsp3) is 0.500. The van der Waals surface area contributed by atoms with E-state index in [0.29, 0.717) is 17.7 Å². The minimum Gasteiger partial charge on any atom is -0.352 e. The molecule has 1 aromatic rings. The Morgan fingerprint density at radius 2 is 1.96 bits per heavy atom. The van der Waals surface area contributed by atoms with Crippen molar-refractivity contribution in [1.29, 1.82) is 5.26 Å². The molecule has 3 rings (SSSR count). The molecule has 126 valence electrons. The number of nitriles is 1. The number of benzene rings is 1. The number of carbonyl (C=O) groups excluding carboxylic acids is 2. The van der Waals surface area contributed by atoms with Crippen molar-refractivity contribution in [2.45, 2.75) is 25.3 Å². The van der Waals surface area contributed by atoms with E-state index in [1.165, 1.54) is 0 Å². The molecule has 0 aliphatic carbocycles. The van der Waals surface area contributed by atoms with Crippen LogP contribution in [0.1, 0.15) is 35.2 Å². The lowest BCUT2D eigenvalue weighted by Crippen LogP contribution is -2.42. The number of likely N-dealkylation sites (tertiary alicyclic amines) is 1. The first kappa shape index (κ1) is 16.5. The number of hydrogen-bond donors (Lipinski definition) is 2. The van der Waals surface area contributed by atoms with Crippen LogP contribution in [0.4, 0.5) is 0 Å². The van der Waals surface area contributed by atoms with E-state index >= 15 is 0 Å². The molecule has 6 nitrogen and oxygen atoms in total. The van der Waals surface area contributed by atoms with Crippen LogP contribution in [0.25, 0.3) is 0 Å². The van der Waals surface area contributed by atoms with Crippen molar-refractivity contribution in [1.82, 2.24) is 15.5 Å². The quantitative estimate of drug-likeness (QED) is 0.860. The molecule has 2 aliphatic rings. The predicted octanol–water partition coefficient (Wildman–Crippen LogP) is 0.889. The van der Waals surface area contributed by atoms with E-state index < -0.39 is 0 Å². The molecule has 2 atom stereocenters. The van der Waals surface area contributed by atoms with Gasteiger partial charge in [0.15, 0.2) is 0 Å². The van der Waals surface area contributed by atoms with Crippen LogP contribution in [0.5, 0.6) is 0 Å². The summed E-state index contributed by atoms with van der Waals surface area (Å²) in [5, 5.41) is 15.0. The summed E-state index contributed by atoms with van der Waals surface area (Å²) in [7, 11) is 0. The molecule has 2 amide bonds. The first-order chi connectivity index (χ1) is 11.7. The average molecular weight is 326 g/mol. The van der Waals surface area contributed by atoms with Gasteiger partial charge in [-0.05, 0) is 49.4 Å². The van der Waals surface area contributed by atoms with Gasteiger partial charge in [-0.15, -0.1) is 0 Å². The van der Waals surface area contributed by atoms with E-state index in [2.05, 4.69) is 10.6 Å². The van der Waals surface area contributed by atoms with Crippen molar-refractivity contribution in [3.8, 4) is 6.07 Å². The molecule has 2 unspecified atom stereocenters. The number of nitrogens with one attached hydrogen (secondary N) is 2. The van der Waals surface area contributed by atoms with Gasteiger partial charge in [-0.3, -0.25) is 9.59 Å². The Kier molecular flexibility index (Phi) is 5.11. The summed E-state index contributed by atoms with van der Waals surface area (Å²) in [6.45, 7) is 3.04. The standard InChI is InChI=1S/C18H22N4O2/c19-10-13-3-5-15(6-4-13)17(23)21-12-14-9-16(20-11-14)18(24)22-7-1-2-8-22/h3-6,14,16,20H,1-2,7-9,11-12H2,(H,21,23). The van der Waals surface area contributed by atoms with Gasteiger partial charge >= 0.3 is 0 Å². The molecule has 2 N–H and O–H groups in total. The number of nitrogens with zero attached hydrogens (tertiary/aromatic N) is 2. The van der Waals surface area contributed by atoms with Crippen LogP contribution >= 0.6 is 0 Å². The Morgan fingerprint density at radius 3 is 2.62 bits per heavy atom. The van der Waals surface area contributed by atoms with Crippen LogP contribution in [0, 0.1) is 17.2 Å². The number of amides is 2. The molecule has 0 radical (unpaired) electrons. The van der Waals surface area contributed by atoms with Crippen molar-refractivity contribution in [3.63, 3.8) is 0 Å². The van der Waals surface area contributed by atoms with Crippen molar-refractivity contribution >= 4 is 11.8 Å². The van der Waals surface area contributed by atoms with Gasteiger partial charge in [0.05, 0.1) is 17.7 Å². The fourth-order valence-corrected chi connectivity index (χ4v) is 3.35. The Labute approximate surface area is 141 Å². The van der Waals surface area contributed by atoms with E-state index in [1.807, 2.05) is 11.0 Å². The largest absolute Gasteiger partial charge is 0.352 e. The maximum Gasteiger partial charge on any atom is 0.251 e. The molecule has 0 spiro atoms. The molecule has 0 aromatic heterocycles. The number of carbonyl (C=O) groups is 2. The van der Waals surface area contributed by atoms with Crippen molar-refractivity contribution in [2.75, 3.05) is 26.2 Å². The maximum absolute atomic E-state index is 12.4. The lowest BCUT2D eigenvalue weighted by atomic mass is 10.0. The highest BCUT2D eigenvalue weighted by molar-refractivity contribution is 5.94. The number of hydrogen-bond acceptors (Lipinski definition) is 4. The van der Waals surface area contributed by atoms with E-state index in [-0.39, 0.29) is 23.8 Å². The van der Waals surface area contributed by atoms with Gasteiger partial charge < -0.3 is 15.5 Å². The van der Waals surface area contributed by atoms with Gasteiger partial charge in [0.2, 0.25) is 5.91 Å². The van der Waals surface area contributed by atoms with E-state index in [9.17, 15) is 9.59 Å². The van der Waals surface area contributed by atoms with Gasteiger partial charge in [0.1, 0.15) is 0 Å². The first-order valence-electron chi connectivity index (χ1n) is 8.48. The lowest BCUT2D eigenvalue weighted by Gasteiger charge is -2.20. The van der Waals surface area contributed by atoms with Crippen molar-refractivity contribution in [3.05, 3.63) is 35.4 Å². The third-order valence-corrected chi connectivity index (χ3v) is 4.77. The smallest absolute Gasteiger partial charge is 0.251 e. The average Bonchev–Trinajstić information content (AvgIpc) is 3.31. The summed E-state index contributed by atoms with van der Waals surface area (Å²) in [4.78, 5) is 26.4. The summed E-state index contributed by atoms with van der Waals surface area (Å²) < 4.78 is 0. The van der Waals surface area contributed by atoms with Gasteiger partial charge in [-0.25, -0.2) is 0 Å². The molecule has 0 bridgehead atoms. The van der Waals surface area contributed by atoms with Crippen molar-refractivity contribution in [2.24, 2.45) is 5.92 Å². The Balaban J connectivity index is 1.46. The molecule has 24 heavy (non-hydrogen) atoms. The molecule has 2 heterocycles. The zero-order chi connectivity index (χ0) is 16.9. The molecule has 2 aliphatic heterocycles. The second-order valence-electron chi connectivity index (χ2n) is 6.49. The molecule has 6 heteroatoms. The predicted molar refractivity (Wildman–Crippen MR) is 89.2 cm³/mol. The molecule has 1 aromatic carbocycles. The van der Waals surface area contributed by atoms with Crippen LogP contribution in [-0.4, -0.2) is 48.9 Å². The van der Waals surface area contributed by atoms with Crippen molar-refractivity contribution < 1.29 is 9.59 Å². The number of rotatable bonds is 4. The van der Waals surface area contributed by atoms with Crippen LogP contribution in [0.2, 0.25) is 0 Å². The van der Waals surface area contributed by atoms with Crippen LogP contribution in [-0.2, 0) is 4.79 Å². The SMILES string of the molecule is N#Cc1ccc(C(=O)NCC2CNC(C(=O)N3CCCC3)C2)cc1. The fourth-order valence-electron chi connectivity index (χ4n) is 3.35. The molecule has 0 saturated carbocycles. The zero-order valence-electron chi connectivity index (χ0n) is 13.6. The van der Waals surface area contributed by atoms with Crippen LogP contribution < -0.4 is 10.6 Å². The summed E-state index contributed by atoms with van der Waals surface area (Å²) in [5.41, 5.74) is 1.08. The molecular weight excluding hydrogens is 304 g/mol. The van der Waals surface area contributed by atoms with E-state index in [4.69, 9.17) is 5.26 Å². The minimum absolute atomic E-state index is 0.111. The maximum atomic E-state index is 12.4. The highest BCUT2D eigenvalue weighted by Crippen LogP contribution is 2.18. The van der Waals surface area contributed by atoms with E-state index in [0.717, 1.165) is 38.9 Å². The molecular formula is C18H22N4O2. The summed E-state index contributed by atoms with van der Waals surface area (Å²) in [6.07, 6.45) is 2.97. The van der Waals surface area contributed by atoms with E-state index in [1.54, 1.807) is 24.3 Å². The summed E-state index contributed by atoms with van der Waals surface area (Å²) in [5.74, 6) is 0.325. The Morgan fingerprint density at radius 1 is 1.25 bits per heavy atom. The monoisotopic (exact) mass is 326 g/mol. The molecule has 2 saturated heterocycles. The normalized spacial score (nSPS) is 23.0. The summed E-state index contributed by atoms with van der Waals surface area (Å²) in [6, 6.07) is 8.50. The third kappa shape index (κ3) is 3.74. The molecule has 2 fully saturated rings. The van der Waals surface area contributed by atoms with Gasteiger partial charge in [-0.1, -0.05) is 0 Å². The van der Waals surface area contributed by atoms with Crippen LogP contribution in [0.15, 0.2) is 24.3 Å². The topological polar surface area (TPSA) is 85.2 Å². The highest BCUT2D eigenvalue weighted by atomic mass is 16.2. The highest BCUT2D eigenvalue weighted by Gasteiger charge is 2.33. The van der Waals surface area contributed by atoms with Crippen LogP contribution in [0.3, 0.4) is 0 Å². The second kappa shape index (κ2) is 7.45. The second-order valence-corrected chi connectivity index (χ2v) is 6.49.